The topological polar surface area (TPSA) is 21.3 Å². The highest BCUT2D eigenvalue weighted by molar-refractivity contribution is 4.88. The largest absolute Gasteiger partial charge is 0.380 e. The minimum absolute atomic E-state index is 0.464. The molecule has 100 valence electrons. The first-order valence-corrected chi connectivity index (χ1v) is 7.39. The number of methoxy groups -OCH3 is 1. The molecule has 0 aromatic carbocycles. The van der Waals surface area contributed by atoms with Gasteiger partial charge in [-0.25, -0.2) is 0 Å². The number of hydrogen-bond acceptors (Lipinski definition) is 2. The Balaban J connectivity index is 1.82. The molecule has 3 unspecified atom stereocenters. The molecule has 2 fully saturated rings. The Morgan fingerprint density at radius 2 is 1.82 bits per heavy atom. The van der Waals surface area contributed by atoms with Crippen molar-refractivity contribution in [2.24, 2.45) is 5.41 Å². The van der Waals surface area contributed by atoms with Crippen molar-refractivity contribution in [3.05, 3.63) is 0 Å². The fourth-order valence-electron chi connectivity index (χ4n) is 3.53. The third-order valence-electron chi connectivity index (χ3n) is 4.78. The molecule has 2 nitrogen and oxygen atoms in total. The third kappa shape index (κ3) is 3.69. The summed E-state index contributed by atoms with van der Waals surface area (Å²) in [4.78, 5) is 0. The number of nitrogens with one attached hydrogen (secondary N) is 1. The Morgan fingerprint density at radius 1 is 1.00 bits per heavy atom. The van der Waals surface area contributed by atoms with E-state index >= 15 is 0 Å². The van der Waals surface area contributed by atoms with Crippen LogP contribution in [0.15, 0.2) is 0 Å². The van der Waals surface area contributed by atoms with Gasteiger partial charge in [0.25, 0.3) is 0 Å². The zero-order chi connectivity index (χ0) is 12.3. The lowest BCUT2D eigenvalue weighted by Crippen LogP contribution is -2.43. The van der Waals surface area contributed by atoms with Gasteiger partial charge in [0, 0.05) is 19.2 Å². The van der Waals surface area contributed by atoms with E-state index in [1.165, 1.54) is 51.4 Å². The standard InChI is InChI=1S/C15H29NO/c1-15(2)10-5-6-12(9-11-15)16-13-7-4-8-14(13)17-3/h12-14,16H,4-11H2,1-3H3. The van der Waals surface area contributed by atoms with Crippen LogP contribution in [-0.4, -0.2) is 25.3 Å². The highest BCUT2D eigenvalue weighted by atomic mass is 16.5. The Morgan fingerprint density at radius 3 is 2.59 bits per heavy atom. The summed E-state index contributed by atoms with van der Waals surface area (Å²) in [7, 11) is 1.86. The minimum Gasteiger partial charge on any atom is -0.380 e. The molecule has 0 bridgehead atoms. The summed E-state index contributed by atoms with van der Waals surface area (Å²) in [6.45, 7) is 4.84. The van der Waals surface area contributed by atoms with Crippen molar-refractivity contribution in [1.29, 1.82) is 0 Å². The van der Waals surface area contributed by atoms with Gasteiger partial charge in [0.15, 0.2) is 0 Å². The maximum absolute atomic E-state index is 5.57. The van der Waals surface area contributed by atoms with Crippen LogP contribution in [0.25, 0.3) is 0 Å². The molecule has 17 heavy (non-hydrogen) atoms. The van der Waals surface area contributed by atoms with Crippen molar-refractivity contribution in [1.82, 2.24) is 5.32 Å². The molecule has 0 spiro atoms. The highest BCUT2D eigenvalue weighted by Gasteiger charge is 2.30. The molecule has 0 amide bonds. The molecule has 0 aliphatic heterocycles. The molecule has 1 N–H and O–H groups in total. The highest BCUT2D eigenvalue weighted by Crippen LogP contribution is 2.34. The average molecular weight is 239 g/mol. The molecule has 2 aliphatic rings. The Bertz CT molecular complexity index is 239. The first kappa shape index (κ1) is 13.4. The smallest absolute Gasteiger partial charge is 0.0724 e. The predicted octanol–water partition coefficient (Wildman–Crippen LogP) is 3.50. The van der Waals surface area contributed by atoms with Crippen molar-refractivity contribution in [2.45, 2.75) is 83.4 Å². The first-order valence-electron chi connectivity index (χ1n) is 7.39. The second-order valence-corrected chi connectivity index (χ2v) is 6.77. The summed E-state index contributed by atoms with van der Waals surface area (Å²) >= 11 is 0. The minimum atomic E-state index is 0.464. The summed E-state index contributed by atoms with van der Waals surface area (Å²) in [6, 6.07) is 1.35. The zero-order valence-electron chi connectivity index (χ0n) is 11.8. The maximum atomic E-state index is 5.57. The van der Waals surface area contributed by atoms with E-state index in [0.717, 1.165) is 6.04 Å². The Kier molecular flexibility index (Phi) is 4.48. The van der Waals surface area contributed by atoms with Crippen LogP contribution in [-0.2, 0) is 4.74 Å². The SMILES string of the molecule is COC1CCCC1NC1CCCC(C)(C)CC1. The first-order chi connectivity index (χ1) is 8.11. The van der Waals surface area contributed by atoms with Gasteiger partial charge >= 0.3 is 0 Å². The van der Waals surface area contributed by atoms with Gasteiger partial charge in [-0.05, 0) is 50.4 Å². The average Bonchev–Trinajstić information content (AvgIpc) is 2.65. The van der Waals surface area contributed by atoms with Gasteiger partial charge in [-0.1, -0.05) is 20.3 Å². The van der Waals surface area contributed by atoms with Crippen LogP contribution in [0, 0.1) is 5.41 Å². The Hall–Kier alpha value is -0.0800. The lowest BCUT2D eigenvalue weighted by Gasteiger charge is -2.26. The fourth-order valence-corrected chi connectivity index (χ4v) is 3.53. The van der Waals surface area contributed by atoms with Gasteiger partial charge in [-0.2, -0.15) is 0 Å². The van der Waals surface area contributed by atoms with E-state index in [1.807, 2.05) is 7.11 Å². The molecule has 0 aromatic heterocycles. The molecule has 0 heterocycles. The van der Waals surface area contributed by atoms with Gasteiger partial charge < -0.3 is 10.1 Å². The van der Waals surface area contributed by atoms with E-state index in [1.54, 1.807) is 0 Å². The lowest BCUT2D eigenvalue weighted by molar-refractivity contribution is 0.0802. The van der Waals surface area contributed by atoms with Crippen molar-refractivity contribution in [3.63, 3.8) is 0 Å². The van der Waals surface area contributed by atoms with Crippen LogP contribution in [0.3, 0.4) is 0 Å². The Labute approximate surface area is 107 Å². The number of rotatable bonds is 3. The van der Waals surface area contributed by atoms with Crippen molar-refractivity contribution in [2.75, 3.05) is 7.11 Å². The summed E-state index contributed by atoms with van der Waals surface area (Å²) < 4.78 is 5.57. The van der Waals surface area contributed by atoms with E-state index < -0.39 is 0 Å². The molecule has 2 aliphatic carbocycles. The molecular formula is C15H29NO. The van der Waals surface area contributed by atoms with Crippen molar-refractivity contribution >= 4 is 0 Å². The van der Waals surface area contributed by atoms with Crippen molar-refractivity contribution in [3.8, 4) is 0 Å². The van der Waals surface area contributed by atoms with E-state index in [2.05, 4.69) is 19.2 Å². The van der Waals surface area contributed by atoms with Crippen LogP contribution >= 0.6 is 0 Å². The predicted molar refractivity (Wildman–Crippen MR) is 72.2 cm³/mol. The van der Waals surface area contributed by atoms with Crippen LogP contribution < -0.4 is 5.32 Å². The maximum Gasteiger partial charge on any atom is 0.0724 e. The number of hydrogen-bond donors (Lipinski definition) is 1. The molecule has 2 saturated carbocycles. The molecule has 2 rings (SSSR count). The van der Waals surface area contributed by atoms with E-state index in [-0.39, 0.29) is 0 Å². The van der Waals surface area contributed by atoms with Crippen LogP contribution in [0.5, 0.6) is 0 Å². The van der Waals surface area contributed by atoms with Crippen molar-refractivity contribution < 1.29 is 4.74 Å². The van der Waals surface area contributed by atoms with E-state index in [0.29, 0.717) is 17.6 Å². The van der Waals surface area contributed by atoms with Gasteiger partial charge in [0.05, 0.1) is 6.10 Å². The monoisotopic (exact) mass is 239 g/mol. The second kappa shape index (κ2) is 5.71. The van der Waals surface area contributed by atoms with Gasteiger partial charge in [0.2, 0.25) is 0 Å². The molecular weight excluding hydrogens is 210 g/mol. The summed E-state index contributed by atoms with van der Waals surface area (Å²) in [5.74, 6) is 0. The van der Waals surface area contributed by atoms with Crippen LogP contribution in [0.4, 0.5) is 0 Å². The lowest BCUT2D eigenvalue weighted by atomic mass is 9.85. The van der Waals surface area contributed by atoms with Crippen LogP contribution in [0.1, 0.15) is 65.2 Å². The third-order valence-corrected chi connectivity index (χ3v) is 4.78. The molecule has 0 radical (unpaired) electrons. The molecule has 0 aromatic rings. The normalized spacial score (nSPS) is 37.9. The molecule has 2 heteroatoms. The van der Waals surface area contributed by atoms with Crippen LogP contribution in [0.2, 0.25) is 0 Å². The zero-order valence-corrected chi connectivity index (χ0v) is 11.8. The van der Waals surface area contributed by atoms with Gasteiger partial charge in [0.1, 0.15) is 0 Å². The fraction of sp³-hybridized carbons (Fsp3) is 1.00. The summed E-state index contributed by atoms with van der Waals surface area (Å²) in [5, 5.41) is 3.87. The van der Waals surface area contributed by atoms with E-state index in [4.69, 9.17) is 4.74 Å². The quantitative estimate of drug-likeness (QED) is 0.761. The summed E-state index contributed by atoms with van der Waals surface area (Å²) in [6.07, 6.45) is 11.2. The van der Waals surface area contributed by atoms with E-state index in [9.17, 15) is 0 Å². The van der Waals surface area contributed by atoms with Gasteiger partial charge in [-0.3, -0.25) is 0 Å². The molecule has 3 atom stereocenters. The second-order valence-electron chi connectivity index (χ2n) is 6.77. The number of ether oxygens (including phenoxy) is 1. The van der Waals surface area contributed by atoms with Gasteiger partial charge in [-0.15, -0.1) is 0 Å². The molecule has 0 saturated heterocycles. The summed E-state index contributed by atoms with van der Waals surface area (Å²) in [5.41, 5.74) is 0.562.